The normalized spacial score (nSPS) is 13.3. The molecule has 1 N–H and O–H groups in total. The summed E-state index contributed by atoms with van der Waals surface area (Å²) in [5.41, 5.74) is -6.73. The number of H-pyrrole nitrogens is 1. The molecule has 13 heteroatoms. The van der Waals surface area contributed by atoms with Crippen LogP contribution in [0.3, 0.4) is 0 Å². The van der Waals surface area contributed by atoms with Crippen molar-refractivity contribution in [3.05, 3.63) is 33.0 Å². The van der Waals surface area contributed by atoms with Crippen LogP contribution in [0.2, 0.25) is 0 Å². The molecule has 0 bridgehead atoms. The van der Waals surface area contributed by atoms with Crippen LogP contribution >= 0.6 is 31.9 Å². The lowest BCUT2D eigenvalue weighted by Crippen LogP contribution is -2.23. The second-order valence-corrected chi connectivity index (χ2v) is 7.89. The standard InChI is InChI=1S/C11H4Br2F6N2O2S/c12-6-3-4(24(22,23)11(17,18)19)1-2-5(6)9-20-7(8(13)21-9)10(14,15)16/h1-3H,(H,20,21). The number of halogens is 8. The maximum Gasteiger partial charge on any atom is 0.501 e. The Hall–Kier alpha value is -1.08. The Balaban J connectivity index is 2.53. The third-order valence-corrected chi connectivity index (χ3v) is 5.47. The molecule has 1 heterocycles. The number of rotatable bonds is 2. The fraction of sp³-hybridized carbons (Fsp3) is 0.182. The lowest BCUT2D eigenvalue weighted by molar-refractivity contribution is -0.141. The SMILES string of the molecule is O=S(=O)(c1ccc(-c2nc(Br)c(C(F)(F)F)[nH]2)c(Br)c1)C(F)(F)F. The summed E-state index contributed by atoms with van der Waals surface area (Å²) < 4.78 is 97.6. The smallest absolute Gasteiger partial charge is 0.333 e. The summed E-state index contributed by atoms with van der Waals surface area (Å²) in [7, 11) is -5.57. The number of sulfone groups is 1. The zero-order chi connectivity index (χ0) is 18.5. The number of nitrogens with zero attached hydrogens (tertiary/aromatic N) is 1. The minimum Gasteiger partial charge on any atom is -0.333 e. The van der Waals surface area contributed by atoms with Gasteiger partial charge in [-0.25, -0.2) is 13.4 Å². The van der Waals surface area contributed by atoms with E-state index in [-0.39, 0.29) is 15.9 Å². The second-order valence-electron chi connectivity index (χ2n) is 4.34. The van der Waals surface area contributed by atoms with Crippen LogP contribution < -0.4 is 0 Å². The first-order valence-corrected chi connectivity index (χ1v) is 8.76. The quantitative estimate of drug-likeness (QED) is 0.594. The minimum absolute atomic E-state index is 0.0488. The van der Waals surface area contributed by atoms with E-state index in [9.17, 15) is 34.8 Å². The number of benzene rings is 1. The molecule has 1 aromatic carbocycles. The maximum absolute atomic E-state index is 12.7. The van der Waals surface area contributed by atoms with E-state index in [1.165, 1.54) is 0 Å². The molecule has 0 atom stereocenters. The van der Waals surface area contributed by atoms with Crippen molar-refractivity contribution in [1.29, 1.82) is 0 Å². The lowest BCUT2D eigenvalue weighted by Gasteiger charge is -2.09. The van der Waals surface area contributed by atoms with Crippen LogP contribution in [0.1, 0.15) is 5.69 Å². The molecule has 1 aromatic heterocycles. The molecule has 0 aliphatic heterocycles. The fourth-order valence-electron chi connectivity index (χ4n) is 1.66. The van der Waals surface area contributed by atoms with Gasteiger partial charge in [0, 0.05) is 10.0 Å². The van der Waals surface area contributed by atoms with E-state index < -0.39 is 36.7 Å². The molecule has 0 radical (unpaired) electrons. The zero-order valence-electron chi connectivity index (χ0n) is 10.9. The summed E-state index contributed by atoms with van der Waals surface area (Å²) in [6, 6.07) is 2.18. The highest BCUT2D eigenvalue weighted by Crippen LogP contribution is 2.38. The highest BCUT2D eigenvalue weighted by atomic mass is 79.9. The van der Waals surface area contributed by atoms with Crippen LogP contribution in [0.15, 0.2) is 32.2 Å². The van der Waals surface area contributed by atoms with Gasteiger partial charge in [0.05, 0.1) is 4.90 Å². The van der Waals surface area contributed by atoms with Gasteiger partial charge in [-0.05, 0) is 50.1 Å². The predicted molar refractivity (Wildman–Crippen MR) is 77.7 cm³/mol. The molecular formula is C11H4Br2F6N2O2S. The van der Waals surface area contributed by atoms with Crippen LogP contribution in [0, 0.1) is 0 Å². The Kier molecular flexibility index (Phi) is 4.83. The number of imidazole rings is 1. The Morgan fingerprint density at radius 3 is 2.04 bits per heavy atom. The summed E-state index contributed by atoms with van der Waals surface area (Å²) in [5.74, 6) is -0.308. The van der Waals surface area contributed by atoms with Crippen LogP contribution in [0.4, 0.5) is 26.3 Å². The number of aromatic amines is 1. The van der Waals surface area contributed by atoms with Crippen molar-refractivity contribution in [3.63, 3.8) is 0 Å². The van der Waals surface area contributed by atoms with E-state index in [2.05, 4.69) is 36.8 Å². The average molecular weight is 502 g/mol. The Bertz CT molecular complexity index is 889. The molecule has 0 amide bonds. The Morgan fingerprint density at radius 1 is 1.04 bits per heavy atom. The molecule has 132 valence electrons. The van der Waals surface area contributed by atoms with Gasteiger partial charge in [-0.3, -0.25) is 0 Å². The third-order valence-electron chi connectivity index (χ3n) is 2.75. The van der Waals surface area contributed by atoms with Crippen LogP contribution in [-0.2, 0) is 16.0 Å². The van der Waals surface area contributed by atoms with Crippen molar-refractivity contribution in [2.24, 2.45) is 0 Å². The molecule has 0 spiro atoms. The van der Waals surface area contributed by atoms with Gasteiger partial charge in [0.1, 0.15) is 10.4 Å². The first-order valence-electron chi connectivity index (χ1n) is 5.69. The van der Waals surface area contributed by atoms with E-state index in [1.807, 2.05) is 4.98 Å². The first kappa shape index (κ1) is 19.2. The van der Waals surface area contributed by atoms with E-state index >= 15 is 0 Å². The molecule has 0 unspecified atom stereocenters. The van der Waals surface area contributed by atoms with E-state index in [1.54, 1.807) is 0 Å². The van der Waals surface area contributed by atoms with Gasteiger partial charge in [-0.2, -0.15) is 26.3 Å². The van der Waals surface area contributed by atoms with Crippen molar-refractivity contribution in [2.75, 3.05) is 0 Å². The number of hydrogen-bond donors (Lipinski definition) is 1. The van der Waals surface area contributed by atoms with Crippen molar-refractivity contribution in [2.45, 2.75) is 16.6 Å². The van der Waals surface area contributed by atoms with E-state index in [4.69, 9.17) is 0 Å². The topological polar surface area (TPSA) is 62.8 Å². The monoisotopic (exact) mass is 500 g/mol. The van der Waals surface area contributed by atoms with Crippen molar-refractivity contribution in [1.82, 2.24) is 9.97 Å². The van der Waals surface area contributed by atoms with Crippen LogP contribution in [0.5, 0.6) is 0 Å². The number of aromatic nitrogens is 2. The average Bonchev–Trinajstić information content (AvgIpc) is 2.79. The van der Waals surface area contributed by atoms with Crippen molar-refractivity contribution < 1.29 is 34.8 Å². The second kappa shape index (κ2) is 6.02. The molecule has 0 aliphatic carbocycles. The number of nitrogens with one attached hydrogen (secondary N) is 1. The first-order chi connectivity index (χ1) is 10.7. The van der Waals surface area contributed by atoms with Crippen molar-refractivity contribution >= 4 is 41.7 Å². The van der Waals surface area contributed by atoms with Crippen LogP contribution in [0.25, 0.3) is 11.4 Å². The number of hydrogen-bond acceptors (Lipinski definition) is 3. The predicted octanol–water partition coefficient (Wildman–Crippen LogP) is 4.91. The summed E-state index contributed by atoms with van der Waals surface area (Å²) in [5, 5.41) is 0. The minimum atomic E-state index is -5.57. The van der Waals surface area contributed by atoms with Gasteiger partial charge < -0.3 is 4.98 Å². The highest BCUT2D eigenvalue weighted by molar-refractivity contribution is 9.10. The molecule has 2 rings (SSSR count). The Morgan fingerprint density at radius 2 is 1.62 bits per heavy atom. The Labute approximate surface area is 147 Å². The highest BCUT2D eigenvalue weighted by Gasteiger charge is 2.47. The van der Waals surface area contributed by atoms with E-state index in [0.29, 0.717) is 12.1 Å². The lowest BCUT2D eigenvalue weighted by atomic mass is 10.2. The van der Waals surface area contributed by atoms with Gasteiger partial charge in [-0.1, -0.05) is 0 Å². The van der Waals surface area contributed by atoms with Gasteiger partial charge >= 0.3 is 11.7 Å². The molecular weight excluding hydrogens is 498 g/mol. The molecule has 4 nitrogen and oxygen atoms in total. The van der Waals surface area contributed by atoms with E-state index in [0.717, 1.165) is 6.07 Å². The summed E-state index contributed by atoms with van der Waals surface area (Å²) >= 11 is 5.46. The molecule has 0 saturated heterocycles. The summed E-state index contributed by atoms with van der Waals surface area (Å²) in [4.78, 5) is 4.52. The van der Waals surface area contributed by atoms with Gasteiger partial charge in [-0.15, -0.1) is 0 Å². The molecule has 24 heavy (non-hydrogen) atoms. The third kappa shape index (κ3) is 3.47. The summed E-state index contributed by atoms with van der Waals surface area (Å²) in [6.07, 6.45) is -4.73. The largest absolute Gasteiger partial charge is 0.501 e. The molecule has 0 aliphatic rings. The van der Waals surface area contributed by atoms with Gasteiger partial charge in [0.2, 0.25) is 0 Å². The van der Waals surface area contributed by atoms with Crippen molar-refractivity contribution in [3.8, 4) is 11.4 Å². The molecule has 2 aromatic rings. The summed E-state index contributed by atoms with van der Waals surface area (Å²) in [6.45, 7) is 0. The maximum atomic E-state index is 12.7. The number of alkyl halides is 6. The molecule has 0 saturated carbocycles. The van der Waals surface area contributed by atoms with Gasteiger partial charge in [0.25, 0.3) is 9.84 Å². The van der Waals surface area contributed by atoms with Crippen LogP contribution in [-0.4, -0.2) is 23.9 Å². The fourth-order valence-corrected chi connectivity index (χ4v) is 3.66. The zero-order valence-corrected chi connectivity index (χ0v) is 14.9. The van der Waals surface area contributed by atoms with Gasteiger partial charge in [0.15, 0.2) is 5.69 Å². The molecule has 0 fully saturated rings.